The van der Waals surface area contributed by atoms with Crippen molar-refractivity contribution in [2.75, 3.05) is 11.1 Å². The normalized spacial score (nSPS) is 16.6. The van der Waals surface area contributed by atoms with Gasteiger partial charge in [-0.05, 0) is 42.3 Å². The predicted molar refractivity (Wildman–Crippen MR) is 133 cm³/mol. The van der Waals surface area contributed by atoms with Crippen LogP contribution in [0.2, 0.25) is 5.02 Å². The number of nitrogens with zero attached hydrogens (tertiary/aromatic N) is 3. The largest absolute Gasteiger partial charge is 0.324 e. The molecule has 0 saturated carbocycles. The van der Waals surface area contributed by atoms with Crippen molar-refractivity contribution >= 4 is 57.6 Å². The first-order chi connectivity index (χ1) is 16.0. The Morgan fingerprint density at radius 3 is 2.61 bits per heavy atom. The Hall–Kier alpha value is -3.42. The summed E-state index contributed by atoms with van der Waals surface area (Å²) in [5.41, 5.74) is 3.91. The number of benzene rings is 3. The van der Waals surface area contributed by atoms with Crippen molar-refractivity contribution in [3.63, 3.8) is 0 Å². The first-order valence-electron chi connectivity index (χ1n) is 10.3. The molecule has 1 N–H and O–H groups in total. The van der Waals surface area contributed by atoms with Crippen LogP contribution in [0.15, 0.2) is 82.8 Å². The van der Waals surface area contributed by atoms with Gasteiger partial charge in [-0.25, -0.2) is 4.99 Å². The molecule has 2 aliphatic heterocycles. The number of amides is 2. The SMILES string of the molecule is Cc1ccc(NC(=O)CSC2=Nc3ccccc3C3=NC(=O)C(c4ccccc4)N23)c(Cl)c1. The van der Waals surface area contributed by atoms with Crippen LogP contribution in [0.3, 0.4) is 0 Å². The van der Waals surface area contributed by atoms with Crippen molar-refractivity contribution in [3.05, 3.63) is 94.5 Å². The molecule has 0 saturated heterocycles. The van der Waals surface area contributed by atoms with Crippen LogP contribution in [0, 0.1) is 6.92 Å². The molecule has 1 atom stereocenters. The zero-order chi connectivity index (χ0) is 22.9. The zero-order valence-corrected chi connectivity index (χ0v) is 19.2. The molecular weight excluding hydrogens is 456 g/mol. The summed E-state index contributed by atoms with van der Waals surface area (Å²) in [5.74, 6) is 0.193. The van der Waals surface area contributed by atoms with Crippen LogP contribution in [0.25, 0.3) is 0 Å². The molecule has 164 valence electrons. The number of halogens is 1. The van der Waals surface area contributed by atoms with Gasteiger partial charge in [0.15, 0.2) is 5.17 Å². The second-order valence-corrected chi connectivity index (χ2v) is 9.04. The number of hydrogen-bond acceptors (Lipinski definition) is 5. The minimum Gasteiger partial charge on any atom is -0.324 e. The number of thioether (sulfide) groups is 1. The Bertz CT molecular complexity index is 1320. The number of rotatable bonds is 4. The number of para-hydroxylation sites is 1. The van der Waals surface area contributed by atoms with Gasteiger partial charge in [-0.1, -0.05) is 71.9 Å². The number of carbonyl (C=O) groups is 2. The zero-order valence-electron chi connectivity index (χ0n) is 17.7. The summed E-state index contributed by atoms with van der Waals surface area (Å²) < 4.78 is 0. The third kappa shape index (κ3) is 4.17. The van der Waals surface area contributed by atoms with Crippen LogP contribution >= 0.6 is 23.4 Å². The Morgan fingerprint density at radius 2 is 1.82 bits per heavy atom. The van der Waals surface area contributed by atoms with Crippen molar-refractivity contribution < 1.29 is 9.59 Å². The van der Waals surface area contributed by atoms with Gasteiger partial charge in [0.2, 0.25) is 5.91 Å². The maximum absolute atomic E-state index is 13.0. The van der Waals surface area contributed by atoms with Crippen molar-refractivity contribution in [2.45, 2.75) is 13.0 Å². The second-order valence-electron chi connectivity index (χ2n) is 7.69. The average molecular weight is 475 g/mol. The number of nitrogens with one attached hydrogen (secondary N) is 1. The third-order valence-electron chi connectivity index (χ3n) is 5.35. The van der Waals surface area contributed by atoms with E-state index in [1.807, 2.05) is 72.5 Å². The standard InChI is InChI=1S/C25H19ClN4O2S/c1-15-11-12-20(18(26)13-15)27-21(31)14-33-25-28-19-10-6-5-9-17(19)23-29-24(32)22(30(23)25)16-7-3-2-4-8-16/h2-13,22H,14H2,1H3,(H,27,31). The smallest absolute Gasteiger partial charge is 0.275 e. The van der Waals surface area contributed by atoms with Crippen LogP contribution in [0.5, 0.6) is 0 Å². The number of anilines is 1. The van der Waals surface area contributed by atoms with Crippen molar-refractivity contribution in [1.29, 1.82) is 0 Å². The molecule has 6 nitrogen and oxygen atoms in total. The lowest BCUT2D eigenvalue weighted by atomic mass is 10.0. The van der Waals surface area contributed by atoms with Gasteiger partial charge in [-0.2, -0.15) is 4.99 Å². The number of hydrogen-bond donors (Lipinski definition) is 1. The molecular formula is C25H19ClN4O2S. The molecule has 0 aliphatic carbocycles. The molecule has 3 aromatic rings. The Kier molecular flexibility index (Phi) is 5.74. The maximum Gasteiger partial charge on any atom is 0.275 e. The molecule has 5 rings (SSSR count). The average Bonchev–Trinajstić information content (AvgIpc) is 3.17. The number of aryl methyl sites for hydroxylation is 1. The second kappa shape index (κ2) is 8.84. The van der Waals surface area contributed by atoms with E-state index in [1.165, 1.54) is 11.8 Å². The number of carbonyl (C=O) groups excluding carboxylic acids is 2. The molecule has 2 aliphatic rings. The van der Waals surface area contributed by atoms with E-state index in [0.29, 0.717) is 21.7 Å². The lowest BCUT2D eigenvalue weighted by Gasteiger charge is -2.31. The summed E-state index contributed by atoms with van der Waals surface area (Å²) in [4.78, 5) is 36.6. The summed E-state index contributed by atoms with van der Waals surface area (Å²) in [7, 11) is 0. The number of aliphatic imine (C=N–C) groups is 2. The topological polar surface area (TPSA) is 74.1 Å². The highest BCUT2D eigenvalue weighted by Gasteiger charge is 2.42. The maximum atomic E-state index is 13.0. The molecule has 2 amide bonds. The van der Waals surface area contributed by atoms with E-state index < -0.39 is 6.04 Å². The summed E-state index contributed by atoms with van der Waals surface area (Å²) in [6, 6.07) is 21.9. The molecule has 0 bridgehead atoms. The third-order valence-corrected chi connectivity index (χ3v) is 6.62. The van der Waals surface area contributed by atoms with Crippen LogP contribution in [-0.2, 0) is 9.59 Å². The van der Waals surface area contributed by atoms with Crippen LogP contribution < -0.4 is 5.32 Å². The first-order valence-corrected chi connectivity index (χ1v) is 11.7. The number of fused-ring (bicyclic) bond motifs is 3. The minimum absolute atomic E-state index is 0.102. The van der Waals surface area contributed by atoms with Gasteiger partial charge in [0.05, 0.1) is 22.2 Å². The van der Waals surface area contributed by atoms with E-state index in [1.54, 1.807) is 12.1 Å². The highest BCUT2D eigenvalue weighted by molar-refractivity contribution is 8.14. The Labute approximate surface area is 200 Å². The van der Waals surface area contributed by atoms with Gasteiger partial charge >= 0.3 is 0 Å². The molecule has 1 unspecified atom stereocenters. The van der Waals surface area contributed by atoms with E-state index in [0.717, 1.165) is 22.4 Å². The van der Waals surface area contributed by atoms with Gasteiger partial charge < -0.3 is 5.32 Å². The van der Waals surface area contributed by atoms with E-state index in [2.05, 4.69) is 10.3 Å². The van der Waals surface area contributed by atoms with Crippen LogP contribution in [-0.4, -0.2) is 33.5 Å². The lowest BCUT2D eigenvalue weighted by Crippen LogP contribution is -2.39. The van der Waals surface area contributed by atoms with Crippen molar-refractivity contribution in [1.82, 2.24) is 4.90 Å². The number of amidine groups is 2. The van der Waals surface area contributed by atoms with Gasteiger partial charge in [-0.3, -0.25) is 14.5 Å². The van der Waals surface area contributed by atoms with E-state index in [4.69, 9.17) is 16.6 Å². The fourth-order valence-electron chi connectivity index (χ4n) is 3.83. The Balaban J connectivity index is 1.42. The van der Waals surface area contributed by atoms with Gasteiger partial charge in [-0.15, -0.1) is 0 Å². The Morgan fingerprint density at radius 1 is 1.06 bits per heavy atom. The molecule has 8 heteroatoms. The fraction of sp³-hybridized carbons (Fsp3) is 0.120. The minimum atomic E-state index is -0.615. The molecule has 2 heterocycles. The first kappa shape index (κ1) is 21.4. The van der Waals surface area contributed by atoms with E-state index in [9.17, 15) is 9.59 Å². The summed E-state index contributed by atoms with van der Waals surface area (Å²) in [6.45, 7) is 1.94. The highest BCUT2D eigenvalue weighted by Crippen LogP contribution is 2.39. The fourth-order valence-corrected chi connectivity index (χ4v) is 4.94. The van der Waals surface area contributed by atoms with E-state index >= 15 is 0 Å². The molecule has 0 radical (unpaired) electrons. The summed E-state index contributed by atoms with van der Waals surface area (Å²) in [5, 5.41) is 3.89. The summed E-state index contributed by atoms with van der Waals surface area (Å²) in [6.07, 6.45) is 0. The van der Waals surface area contributed by atoms with Gasteiger partial charge in [0.25, 0.3) is 5.91 Å². The predicted octanol–water partition coefficient (Wildman–Crippen LogP) is 5.35. The quantitative estimate of drug-likeness (QED) is 0.553. The van der Waals surface area contributed by atoms with Gasteiger partial charge in [0, 0.05) is 5.56 Å². The molecule has 0 fully saturated rings. The van der Waals surface area contributed by atoms with Crippen LogP contribution in [0.1, 0.15) is 22.7 Å². The summed E-state index contributed by atoms with van der Waals surface area (Å²) >= 11 is 7.51. The molecule has 33 heavy (non-hydrogen) atoms. The molecule has 3 aromatic carbocycles. The molecule has 0 aromatic heterocycles. The highest BCUT2D eigenvalue weighted by atomic mass is 35.5. The molecule has 0 spiro atoms. The van der Waals surface area contributed by atoms with Crippen molar-refractivity contribution in [2.24, 2.45) is 9.98 Å². The van der Waals surface area contributed by atoms with Gasteiger partial charge in [0.1, 0.15) is 11.9 Å². The lowest BCUT2D eigenvalue weighted by molar-refractivity contribution is -0.119. The monoisotopic (exact) mass is 474 g/mol. The van der Waals surface area contributed by atoms with Crippen molar-refractivity contribution in [3.8, 4) is 0 Å². The van der Waals surface area contributed by atoms with E-state index in [-0.39, 0.29) is 17.6 Å². The van der Waals surface area contributed by atoms with Crippen LogP contribution in [0.4, 0.5) is 11.4 Å².